The second-order valence-corrected chi connectivity index (χ2v) is 8.75. The predicted octanol–water partition coefficient (Wildman–Crippen LogP) is 5.97. The number of likely N-dealkylation sites (tertiary alicyclic amines) is 1. The predicted molar refractivity (Wildman–Crippen MR) is 131 cm³/mol. The summed E-state index contributed by atoms with van der Waals surface area (Å²) in [5.41, 5.74) is 3.91. The molecule has 0 aromatic heterocycles. The molecule has 0 spiro atoms. The SMILES string of the molecule is COc1ccc(N(C(=O)c2ccc(C)cc2)C2CCN(Cc3ccccc3Cl)CC2)cc1. The molecule has 0 atom stereocenters. The van der Waals surface area contributed by atoms with E-state index in [9.17, 15) is 4.79 Å². The van der Waals surface area contributed by atoms with Crippen LogP contribution in [0.4, 0.5) is 5.69 Å². The molecule has 0 aliphatic carbocycles. The minimum atomic E-state index is 0.0414. The number of amides is 1. The molecule has 1 fully saturated rings. The molecule has 1 aliphatic rings. The van der Waals surface area contributed by atoms with Crippen LogP contribution in [0.15, 0.2) is 72.8 Å². The molecule has 4 nitrogen and oxygen atoms in total. The zero-order valence-electron chi connectivity index (χ0n) is 18.6. The van der Waals surface area contributed by atoms with Crippen molar-refractivity contribution >= 4 is 23.2 Å². The molecule has 0 bridgehead atoms. The molecule has 1 amide bonds. The third-order valence-corrected chi connectivity index (χ3v) is 6.51. The van der Waals surface area contributed by atoms with Gasteiger partial charge < -0.3 is 9.64 Å². The van der Waals surface area contributed by atoms with Crippen molar-refractivity contribution < 1.29 is 9.53 Å². The Morgan fingerprint density at radius 3 is 2.28 bits per heavy atom. The maximum absolute atomic E-state index is 13.6. The number of rotatable bonds is 6. The summed E-state index contributed by atoms with van der Waals surface area (Å²) >= 11 is 6.36. The number of aryl methyl sites for hydroxylation is 1. The number of nitrogens with zero attached hydrogens (tertiary/aromatic N) is 2. The number of carbonyl (C=O) groups excluding carboxylic acids is 1. The fourth-order valence-electron chi connectivity index (χ4n) is 4.28. The van der Waals surface area contributed by atoms with Crippen molar-refractivity contribution in [3.8, 4) is 5.75 Å². The average Bonchev–Trinajstić information content (AvgIpc) is 2.82. The van der Waals surface area contributed by atoms with E-state index in [1.165, 1.54) is 0 Å². The van der Waals surface area contributed by atoms with Crippen LogP contribution in [0.5, 0.6) is 5.75 Å². The third kappa shape index (κ3) is 5.14. The van der Waals surface area contributed by atoms with E-state index in [0.29, 0.717) is 5.56 Å². The highest BCUT2D eigenvalue weighted by Crippen LogP contribution is 2.29. The van der Waals surface area contributed by atoms with Gasteiger partial charge in [-0.2, -0.15) is 0 Å². The van der Waals surface area contributed by atoms with E-state index >= 15 is 0 Å². The van der Waals surface area contributed by atoms with Crippen LogP contribution in [0.25, 0.3) is 0 Å². The number of halogens is 1. The first-order valence-electron chi connectivity index (χ1n) is 11.0. The quantitative estimate of drug-likeness (QED) is 0.465. The zero-order valence-corrected chi connectivity index (χ0v) is 19.4. The van der Waals surface area contributed by atoms with Crippen LogP contribution >= 0.6 is 11.6 Å². The molecular weight excluding hydrogens is 420 g/mol. The summed E-state index contributed by atoms with van der Waals surface area (Å²) in [6.45, 7) is 4.71. The molecule has 32 heavy (non-hydrogen) atoms. The number of carbonyl (C=O) groups is 1. The van der Waals surface area contributed by atoms with Gasteiger partial charge in [0.1, 0.15) is 5.75 Å². The number of anilines is 1. The number of hydrogen-bond acceptors (Lipinski definition) is 3. The lowest BCUT2D eigenvalue weighted by molar-refractivity contribution is 0.0958. The van der Waals surface area contributed by atoms with Gasteiger partial charge in [-0.15, -0.1) is 0 Å². The van der Waals surface area contributed by atoms with Gasteiger partial charge in [0.15, 0.2) is 0 Å². The standard InChI is InChI=1S/C27H29ClN2O2/c1-20-7-9-21(10-8-20)27(31)30(23-11-13-25(32-2)14-12-23)24-15-17-29(18-16-24)19-22-5-3-4-6-26(22)28/h3-14,24H,15-19H2,1-2H3. The van der Waals surface area contributed by atoms with Gasteiger partial charge in [0.2, 0.25) is 0 Å². The van der Waals surface area contributed by atoms with Crippen molar-refractivity contribution in [2.45, 2.75) is 32.4 Å². The van der Waals surface area contributed by atoms with Gasteiger partial charge in [-0.25, -0.2) is 0 Å². The van der Waals surface area contributed by atoms with Gasteiger partial charge >= 0.3 is 0 Å². The van der Waals surface area contributed by atoms with E-state index in [4.69, 9.17) is 16.3 Å². The van der Waals surface area contributed by atoms with E-state index in [1.54, 1.807) is 7.11 Å². The fourth-order valence-corrected chi connectivity index (χ4v) is 4.47. The monoisotopic (exact) mass is 448 g/mol. The average molecular weight is 449 g/mol. The molecule has 166 valence electrons. The van der Waals surface area contributed by atoms with Crippen molar-refractivity contribution in [2.75, 3.05) is 25.1 Å². The normalized spacial score (nSPS) is 14.8. The number of benzene rings is 3. The minimum absolute atomic E-state index is 0.0414. The Morgan fingerprint density at radius 1 is 1.00 bits per heavy atom. The second kappa shape index (κ2) is 10.2. The number of piperidine rings is 1. The van der Waals surface area contributed by atoms with Gasteiger partial charge in [0, 0.05) is 41.9 Å². The molecule has 0 saturated carbocycles. The summed E-state index contributed by atoms with van der Waals surface area (Å²) in [6.07, 6.45) is 1.82. The van der Waals surface area contributed by atoms with Crippen LogP contribution in [0.1, 0.15) is 34.3 Å². The highest BCUT2D eigenvalue weighted by molar-refractivity contribution is 6.31. The molecule has 3 aromatic rings. The van der Waals surface area contributed by atoms with Crippen molar-refractivity contribution in [1.29, 1.82) is 0 Å². The van der Waals surface area contributed by atoms with Gasteiger partial charge in [-0.3, -0.25) is 9.69 Å². The second-order valence-electron chi connectivity index (χ2n) is 8.34. The Hall–Kier alpha value is -2.82. The smallest absolute Gasteiger partial charge is 0.258 e. The molecular formula is C27H29ClN2O2. The molecule has 0 unspecified atom stereocenters. The van der Waals surface area contributed by atoms with Crippen LogP contribution < -0.4 is 9.64 Å². The van der Waals surface area contributed by atoms with E-state index in [1.807, 2.05) is 78.6 Å². The summed E-state index contributed by atoms with van der Waals surface area (Å²) in [6, 6.07) is 23.7. The highest BCUT2D eigenvalue weighted by Gasteiger charge is 2.30. The van der Waals surface area contributed by atoms with Gasteiger partial charge in [-0.1, -0.05) is 47.5 Å². The largest absolute Gasteiger partial charge is 0.497 e. The molecule has 1 saturated heterocycles. The van der Waals surface area contributed by atoms with Gasteiger partial charge in [0.25, 0.3) is 5.91 Å². The van der Waals surface area contributed by atoms with Crippen LogP contribution in [0, 0.1) is 6.92 Å². The lowest BCUT2D eigenvalue weighted by atomic mass is 10.00. The zero-order chi connectivity index (χ0) is 22.5. The Morgan fingerprint density at radius 2 is 1.66 bits per heavy atom. The van der Waals surface area contributed by atoms with Crippen LogP contribution in [0.3, 0.4) is 0 Å². The Bertz CT molecular complexity index is 1040. The molecule has 1 heterocycles. The van der Waals surface area contributed by atoms with Crippen molar-refractivity contribution in [1.82, 2.24) is 4.90 Å². The molecule has 0 radical (unpaired) electrons. The maximum Gasteiger partial charge on any atom is 0.258 e. The van der Waals surface area contributed by atoms with E-state index in [-0.39, 0.29) is 11.9 Å². The third-order valence-electron chi connectivity index (χ3n) is 6.14. The summed E-state index contributed by atoms with van der Waals surface area (Å²) in [5.74, 6) is 0.825. The fraction of sp³-hybridized carbons (Fsp3) is 0.296. The summed E-state index contributed by atoms with van der Waals surface area (Å²) in [4.78, 5) is 18.0. The summed E-state index contributed by atoms with van der Waals surface area (Å²) in [5, 5.41) is 0.809. The molecule has 1 aliphatic heterocycles. The minimum Gasteiger partial charge on any atom is -0.497 e. The van der Waals surface area contributed by atoms with Crippen molar-refractivity contribution in [2.24, 2.45) is 0 Å². The molecule has 5 heteroatoms. The first kappa shape index (κ1) is 22.4. The number of ether oxygens (including phenoxy) is 1. The van der Waals surface area contributed by atoms with Crippen molar-refractivity contribution in [3.05, 3.63) is 94.5 Å². The summed E-state index contributed by atoms with van der Waals surface area (Å²) in [7, 11) is 1.65. The molecule has 0 N–H and O–H groups in total. The van der Waals surface area contributed by atoms with Gasteiger partial charge in [-0.05, 0) is 67.8 Å². The first-order chi connectivity index (χ1) is 15.5. The van der Waals surface area contributed by atoms with Gasteiger partial charge in [0.05, 0.1) is 7.11 Å². The maximum atomic E-state index is 13.6. The van der Waals surface area contributed by atoms with E-state index < -0.39 is 0 Å². The van der Waals surface area contributed by atoms with Crippen LogP contribution in [0.2, 0.25) is 5.02 Å². The Balaban J connectivity index is 1.53. The van der Waals surface area contributed by atoms with Crippen LogP contribution in [-0.2, 0) is 6.54 Å². The van der Waals surface area contributed by atoms with E-state index in [2.05, 4.69) is 11.0 Å². The molecule has 4 rings (SSSR count). The highest BCUT2D eigenvalue weighted by atomic mass is 35.5. The van der Waals surface area contributed by atoms with Crippen molar-refractivity contribution in [3.63, 3.8) is 0 Å². The topological polar surface area (TPSA) is 32.8 Å². The lowest BCUT2D eigenvalue weighted by Crippen LogP contribution is -2.47. The summed E-state index contributed by atoms with van der Waals surface area (Å²) < 4.78 is 5.31. The first-order valence-corrected chi connectivity index (χ1v) is 11.4. The Kier molecular flexibility index (Phi) is 7.13. The molecule has 3 aromatic carbocycles. The Labute approximate surface area is 195 Å². The van der Waals surface area contributed by atoms with Crippen LogP contribution in [-0.4, -0.2) is 37.0 Å². The lowest BCUT2D eigenvalue weighted by Gasteiger charge is -2.39. The number of hydrogen-bond donors (Lipinski definition) is 0. The number of methoxy groups -OCH3 is 1. The van der Waals surface area contributed by atoms with E-state index in [0.717, 1.165) is 60.1 Å².